The first-order valence-corrected chi connectivity index (χ1v) is 5.92. The first-order chi connectivity index (χ1) is 7.49. The summed E-state index contributed by atoms with van der Waals surface area (Å²) in [5.41, 5.74) is 0. The van der Waals surface area contributed by atoms with Gasteiger partial charge in [0, 0.05) is 6.54 Å². The highest BCUT2D eigenvalue weighted by Crippen LogP contribution is 2.30. The van der Waals surface area contributed by atoms with Crippen molar-refractivity contribution in [1.82, 2.24) is 15.5 Å². The number of hydrogen-bond donors (Lipinski definition) is 2. The van der Waals surface area contributed by atoms with Crippen LogP contribution in [0.4, 0.5) is 4.79 Å². The highest BCUT2D eigenvalue weighted by molar-refractivity contribution is 9.10. The number of carbonyl (C=O) groups is 2. The molecule has 0 aromatic rings. The molecule has 2 aliphatic rings. The Balaban J connectivity index is 2.28. The molecular formula is C9H13BrN4O2. The first kappa shape index (κ1) is 11.4. The van der Waals surface area contributed by atoms with E-state index in [9.17, 15) is 9.59 Å². The molecule has 0 spiro atoms. The zero-order chi connectivity index (χ0) is 11.9. The summed E-state index contributed by atoms with van der Waals surface area (Å²) >= 11 is 3.33. The number of aliphatic imine (C=N–C) groups is 1. The summed E-state index contributed by atoms with van der Waals surface area (Å²) in [5.74, 6) is 0.345. The maximum absolute atomic E-state index is 12.2. The Morgan fingerprint density at radius 3 is 2.88 bits per heavy atom. The minimum atomic E-state index is -1.01. The minimum Gasteiger partial charge on any atom is -0.348 e. The molecule has 0 aliphatic carbocycles. The summed E-state index contributed by atoms with van der Waals surface area (Å²) in [7, 11) is 0. The lowest BCUT2D eigenvalue weighted by Gasteiger charge is -2.38. The van der Waals surface area contributed by atoms with Crippen molar-refractivity contribution in [3.05, 3.63) is 0 Å². The lowest BCUT2D eigenvalue weighted by molar-refractivity contribution is -0.133. The molecule has 2 unspecified atom stereocenters. The average molecular weight is 289 g/mol. The van der Waals surface area contributed by atoms with E-state index in [0.717, 1.165) is 6.42 Å². The van der Waals surface area contributed by atoms with Gasteiger partial charge < -0.3 is 10.6 Å². The molecule has 0 aromatic carbocycles. The summed E-state index contributed by atoms with van der Waals surface area (Å²) < 4.78 is -1.01. The second-order valence-electron chi connectivity index (χ2n) is 3.86. The van der Waals surface area contributed by atoms with E-state index in [-0.39, 0.29) is 11.9 Å². The van der Waals surface area contributed by atoms with Crippen molar-refractivity contribution in [2.24, 2.45) is 4.99 Å². The number of imide groups is 1. The first-order valence-electron chi connectivity index (χ1n) is 5.13. The normalized spacial score (nSPS) is 33.1. The Morgan fingerprint density at radius 1 is 1.56 bits per heavy atom. The smallest absolute Gasteiger partial charge is 0.325 e. The van der Waals surface area contributed by atoms with Crippen LogP contribution in [0.1, 0.15) is 20.3 Å². The van der Waals surface area contributed by atoms with E-state index in [1.54, 1.807) is 6.92 Å². The van der Waals surface area contributed by atoms with Gasteiger partial charge in [0.2, 0.25) is 4.45 Å². The van der Waals surface area contributed by atoms with Crippen molar-refractivity contribution < 1.29 is 9.59 Å². The Hall–Kier alpha value is -1.11. The van der Waals surface area contributed by atoms with E-state index < -0.39 is 10.6 Å². The molecule has 88 valence electrons. The van der Waals surface area contributed by atoms with Crippen LogP contribution in [0, 0.1) is 0 Å². The number of rotatable bonds is 2. The molecule has 6 nitrogen and oxygen atoms in total. The van der Waals surface area contributed by atoms with Crippen LogP contribution in [0.3, 0.4) is 0 Å². The van der Waals surface area contributed by atoms with Gasteiger partial charge in [-0.25, -0.2) is 9.79 Å². The second-order valence-corrected chi connectivity index (χ2v) is 5.11. The van der Waals surface area contributed by atoms with Crippen LogP contribution in [0.5, 0.6) is 0 Å². The number of carbonyl (C=O) groups excluding carboxylic acids is 2. The molecule has 2 aliphatic heterocycles. The molecule has 16 heavy (non-hydrogen) atoms. The summed E-state index contributed by atoms with van der Waals surface area (Å²) in [5, 5.41) is 5.64. The van der Waals surface area contributed by atoms with Gasteiger partial charge in [0.15, 0.2) is 6.17 Å². The highest BCUT2D eigenvalue weighted by Gasteiger charge is 2.55. The quantitative estimate of drug-likeness (QED) is 0.570. The fourth-order valence-corrected chi connectivity index (χ4v) is 2.58. The molecule has 0 bridgehead atoms. The van der Waals surface area contributed by atoms with E-state index in [2.05, 4.69) is 31.6 Å². The summed E-state index contributed by atoms with van der Waals surface area (Å²) in [6.07, 6.45) is 0.160. The largest absolute Gasteiger partial charge is 0.348 e. The minimum absolute atomic E-state index is 0.288. The lowest BCUT2D eigenvalue weighted by Crippen LogP contribution is -2.69. The molecule has 2 atom stereocenters. The van der Waals surface area contributed by atoms with Gasteiger partial charge >= 0.3 is 6.03 Å². The Morgan fingerprint density at radius 2 is 2.25 bits per heavy atom. The standard InChI is InChI=1S/C9H13BrN4O2/c1-3-4-14-7(15)9(10)6(12-8(14)16)11-5(2)13-9/h6H,3-4H2,1-2H3,(H,11,13)(H,12,16). The van der Waals surface area contributed by atoms with Crippen LogP contribution < -0.4 is 10.6 Å². The third-order valence-electron chi connectivity index (χ3n) is 2.57. The number of amidine groups is 1. The van der Waals surface area contributed by atoms with Crippen molar-refractivity contribution in [3.8, 4) is 0 Å². The van der Waals surface area contributed by atoms with Crippen molar-refractivity contribution in [2.75, 3.05) is 6.54 Å². The molecular weight excluding hydrogens is 276 g/mol. The lowest BCUT2D eigenvalue weighted by atomic mass is 10.1. The number of nitrogens with one attached hydrogen (secondary N) is 2. The number of amides is 3. The number of alkyl halides is 1. The van der Waals surface area contributed by atoms with Crippen LogP contribution in [-0.4, -0.2) is 39.8 Å². The van der Waals surface area contributed by atoms with Gasteiger partial charge in [0.25, 0.3) is 5.91 Å². The fourth-order valence-electron chi connectivity index (χ4n) is 1.86. The van der Waals surface area contributed by atoms with Crippen LogP contribution >= 0.6 is 15.9 Å². The SMILES string of the molecule is CCCN1C(=O)NC2N=C(C)NC2(Br)C1=O. The van der Waals surface area contributed by atoms with Crippen LogP contribution in [-0.2, 0) is 4.79 Å². The van der Waals surface area contributed by atoms with Gasteiger partial charge in [0.05, 0.1) is 5.84 Å². The molecule has 1 saturated heterocycles. The van der Waals surface area contributed by atoms with Gasteiger partial charge in [0.1, 0.15) is 0 Å². The summed E-state index contributed by atoms with van der Waals surface area (Å²) in [6, 6.07) is -0.382. The van der Waals surface area contributed by atoms with Gasteiger partial charge in [-0.2, -0.15) is 0 Å². The van der Waals surface area contributed by atoms with E-state index in [1.165, 1.54) is 4.90 Å². The zero-order valence-electron chi connectivity index (χ0n) is 9.08. The Bertz CT molecular complexity index is 384. The van der Waals surface area contributed by atoms with E-state index in [0.29, 0.717) is 12.4 Å². The monoisotopic (exact) mass is 288 g/mol. The maximum Gasteiger partial charge on any atom is 0.325 e. The maximum atomic E-state index is 12.2. The molecule has 0 aromatic heterocycles. The summed E-state index contributed by atoms with van der Waals surface area (Å²) in [6.45, 7) is 4.08. The van der Waals surface area contributed by atoms with Gasteiger partial charge in [-0.3, -0.25) is 9.69 Å². The molecule has 1 fully saturated rings. The molecule has 0 radical (unpaired) electrons. The number of fused-ring (bicyclic) bond motifs is 1. The number of nitrogens with zero attached hydrogens (tertiary/aromatic N) is 2. The fraction of sp³-hybridized carbons (Fsp3) is 0.667. The number of urea groups is 1. The van der Waals surface area contributed by atoms with Gasteiger partial charge in [-0.1, -0.05) is 6.92 Å². The van der Waals surface area contributed by atoms with Crippen molar-refractivity contribution in [1.29, 1.82) is 0 Å². The molecule has 2 N–H and O–H groups in total. The predicted molar refractivity (Wildman–Crippen MR) is 62.2 cm³/mol. The van der Waals surface area contributed by atoms with Crippen molar-refractivity contribution >= 4 is 33.7 Å². The molecule has 2 heterocycles. The predicted octanol–water partition coefficient (Wildman–Crippen LogP) is 0.387. The van der Waals surface area contributed by atoms with Crippen LogP contribution in [0.15, 0.2) is 4.99 Å². The van der Waals surface area contributed by atoms with Gasteiger partial charge in [-0.05, 0) is 29.3 Å². The van der Waals surface area contributed by atoms with Crippen LogP contribution in [0.2, 0.25) is 0 Å². The van der Waals surface area contributed by atoms with E-state index >= 15 is 0 Å². The van der Waals surface area contributed by atoms with E-state index in [4.69, 9.17) is 0 Å². The highest BCUT2D eigenvalue weighted by atomic mass is 79.9. The molecule has 7 heteroatoms. The molecule has 2 rings (SSSR count). The van der Waals surface area contributed by atoms with Crippen LogP contribution in [0.25, 0.3) is 0 Å². The molecule has 0 saturated carbocycles. The Labute approximate surface area is 102 Å². The van der Waals surface area contributed by atoms with E-state index in [1.807, 2.05) is 6.92 Å². The van der Waals surface area contributed by atoms with Crippen molar-refractivity contribution in [3.63, 3.8) is 0 Å². The summed E-state index contributed by atoms with van der Waals surface area (Å²) in [4.78, 5) is 29.2. The number of hydrogen-bond acceptors (Lipinski definition) is 4. The topological polar surface area (TPSA) is 73.8 Å². The third-order valence-corrected chi connectivity index (χ3v) is 3.54. The van der Waals surface area contributed by atoms with Crippen molar-refractivity contribution in [2.45, 2.75) is 30.9 Å². The Kier molecular flexibility index (Phi) is 2.65. The second kappa shape index (κ2) is 3.73. The number of halogens is 1. The third kappa shape index (κ3) is 1.50. The zero-order valence-corrected chi connectivity index (χ0v) is 10.7. The van der Waals surface area contributed by atoms with Gasteiger partial charge in [-0.15, -0.1) is 0 Å². The molecule has 3 amide bonds. The average Bonchev–Trinajstić information content (AvgIpc) is 2.49.